The zero-order valence-electron chi connectivity index (χ0n) is 13.9. The molecule has 1 amide bonds. The maximum atomic E-state index is 12.6. The third kappa shape index (κ3) is 2.76. The molecule has 3 N–H and O–H groups in total. The van der Waals surface area contributed by atoms with E-state index in [2.05, 4.69) is 24.5 Å². The van der Waals surface area contributed by atoms with Crippen molar-refractivity contribution >= 4 is 28.3 Å². The molecule has 126 valence electrons. The van der Waals surface area contributed by atoms with Crippen LogP contribution in [0.15, 0.2) is 28.9 Å². The maximum Gasteiger partial charge on any atom is 0.256 e. The third-order valence-electron chi connectivity index (χ3n) is 4.79. The lowest BCUT2D eigenvalue weighted by Gasteiger charge is -2.28. The van der Waals surface area contributed by atoms with Gasteiger partial charge in [-0.2, -0.15) is 0 Å². The summed E-state index contributed by atoms with van der Waals surface area (Å²) >= 11 is 1.74. The molecule has 0 bridgehead atoms. The van der Waals surface area contributed by atoms with Gasteiger partial charge < -0.3 is 20.0 Å². The summed E-state index contributed by atoms with van der Waals surface area (Å²) in [6, 6.07) is 4.35. The highest BCUT2D eigenvalue weighted by atomic mass is 32.1. The monoisotopic (exact) mass is 344 g/mol. The molecule has 24 heavy (non-hydrogen) atoms. The molecule has 0 fully saturated rings. The predicted octanol–water partition coefficient (Wildman–Crippen LogP) is 1.89. The van der Waals surface area contributed by atoms with Gasteiger partial charge in [-0.05, 0) is 43.7 Å². The van der Waals surface area contributed by atoms with E-state index in [1.807, 2.05) is 24.3 Å². The number of hydrogen-bond donors (Lipinski definition) is 3. The van der Waals surface area contributed by atoms with Gasteiger partial charge in [0, 0.05) is 6.42 Å². The maximum absolute atomic E-state index is 12.6. The highest BCUT2D eigenvalue weighted by molar-refractivity contribution is 7.16. The number of carbonyl (C=O) groups excluding carboxylic acids is 1. The summed E-state index contributed by atoms with van der Waals surface area (Å²) in [6.45, 7) is 6.64. The first-order chi connectivity index (χ1) is 11.6. The number of quaternary nitrogens is 1. The summed E-state index contributed by atoms with van der Waals surface area (Å²) in [4.78, 5) is 15.5. The molecule has 0 aromatic carbocycles. The first-order valence-electron chi connectivity index (χ1n) is 8.40. The van der Waals surface area contributed by atoms with Crippen molar-refractivity contribution in [1.82, 2.24) is 5.32 Å². The molecule has 0 saturated carbocycles. The van der Waals surface area contributed by atoms with Crippen molar-refractivity contribution in [2.24, 2.45) is 0 Å². The van der Waals surface area contributed by atoms with Gasteiger partial charge in [0.2, 0.25) is 0 Å². The lowest BCUT2D eigenvalue weighted by atomic mass is 10.0. The van der Waals surface area contributed by atoms with Crippen LogP contribution in [0.4, 0.5) is 5.00 Å². The van der Waals surface area contributed by atoms with Crippen LogP contribution in [0.1, 0.15) is 40.4 Å². The zero-order chi connectivity index (χ0) is 16.7. The van der Waals surface area contributed by atoms with Crippen LogP contribution in [0.3, 0.4) is 0 Å². The number of hydrogen-bond acceptors (Lipinski definition) is 4. The summed E-state index contributed by atoms with van der Waals surface area (Å²) in [6.07, 6.45) is 6.21. The average Bonchev–Trinajstić information content (AvgIpc) is 3.19. The molecule has 1 unspecified atom stereocenters. The van der Waals surface area contributed by atoms with Crippen LogP contribution in [0.25, 0.3) is 6.08 Å². The Kier molecular flexibility index (Phi) is 3.94. The highest BCUT2D eigenvalue weighted by Crippen LogP contribution is 2.36. The summed E-state index contributed by atoms with van der Waals surface area (Å²) in [5, 5.41) is 7.47. The molecule has 2 aliphatic heterocycles. The Morgan fingerprint density at radius 1 is 1.42 bits per heavy atom. The van der Waals surface area contributed by atoms with Crippen LogP contribution < -0.4 is 15.5 Å². The van der Waals surface area contributed by atoms with Crippen molar-refractivity contribution < 1.29 is 14.1 Å². The fourth-order valence-corrected chi connectivity index (χ4v) is 4.73. The Labute approximate surface area is 145 Å². The molecule has 0 radical (unpaired) electrons. The zero-order valence-corrected chi connectivity index (χ0v) is 14.7. The van der Waals surface area contributed by atoms with Gasteiger partial charge in [0.05, 0.1) is 29.3 Å². The SMILES string of the molecule is CC(C)[NH+]1CCc2c(sc3c2C(=O)N[C@H](/C=C/c2ccco2)N3)C1. The minimum Gasteiger partial charge on any atom is -0.465 e. The van der Waals surface area contributed by atoms with E-state index in [-0.39, 0.29) is 12.1 Å². The van der Waals surface area contributed by atoms with E-state index in [0.717, 1.165) is 35.8 Å². The van der Waals surface area contributed by atoms with Crippen molar-refractivity contribution in [3.8, 4) is 0 Å². The van der Waals surface area contributed by atoms with E-state index in [1.54, 1.807) is 22.5 Å². The normalized spacial score (nSPS) is 23.0. The Morgan fingerprint density at radius 2 is 2.29 bits per heavy atom. The van der Waals surface area contributed by atoms with E-state index in [1.165, 1.54) is 10.4 Å². The van der Waals surface area contributed by atoms with Gasteiger partial charge in [0.1, 0.15) is 23.5 Å². The van der Waals surface area contributed by atoms with E-state index < -0.39 is 0 Å². The number of anilines is 1. The lowest BCUT2D eigenvalue weighted by molar-refractivity contribution is -0.936. The molecule has 2 aliphatic rings. The fourth-order valence-electron chi connectivity index (χ4n) is 3.40. The smallest absolute Gasteiger partial charge is 0.256 e. The number of furan rings is 1. The molecule has 0 spiro atoms. The molecule has 4 rings (SSSR count). The predicted molar refractivity (Wildman–Crippen MR) is 95.3 cm³/mol. The molecule has 6 heteroatoms. The third-order valence-corrected chi connectivity index (χ3v) is 5.95. The molecule has 5 nitrogen and oxygen atoms in total. The number of rotatable bonds is 3. The lowest BCUT2D eigenvalue weighted by Crippen LogP contribution is -3.14. The van der Waals surface area contributed by atoms with Crippen LogP contribution in [-0.4, -0.2) is 24.7 Å². The molecular formula is C18H22N3O2S+. The van der Waals surface area contributed by atoms with Gasteiger partial charge >= 0.3 is 0 Å². The van der Waals surface area contributed by atoms with E-state index in [9.17, 15) is 4.79 Å². The van der Waals surface area contributed by atoms with Crippen LogP contribution >= 0.6 is 11.3 Å². The van der Waals surface area contributed by atoms with Gasteiger partial charge in [-0.3, -0.25) is 4.79 Å². The molecule has 2 atom stereocenters. The van der Waals surface area contributed by atoms with Crippen LogP contribution in [0.5, 0.6) is 0 Å². The van der Waals surface area contributed by atoms with Crippen molar-refractivity contribution in [1.29, 1.82) is 0 Å². The van der Waals surface area contributed by atoms with Gasteiger partial charge in [-0.1, -0.05) is 0 Å². The number of fused-ring (bicyclic) bond motifs is 3. The molecule has 0 saturated heterocycles. The number of thiophene rings is 1. The quantitative estimate of drug-likeness (QED) is 0.797. The number of amides is 1. The number of carbonyl (C=O) groups is 1. The van der Waals surface area contributed by atoms with Gasteiger partial charge in [0.25, 0.3) is 5.91 Å². The molecule has 4 heterocycles. The summed E-state index contributed by atoms with van der Waals surface area (Å²) in [5.74, 6) is 0.807. The first kappa shape index (κ1) is 15.5. The minimum absolute atomic E-state index is 0.0309. The largest absolute Gasteiger partial charge is 0.465 e. The van der Waals surface area contributed by atoms with Crippen LogP contribution in [0.2, 0.25) is 0 Å². The minimum atomic E-state index is -0.205. The summed E-state index contributed by atoms with van der Waals surface area (Å²) in [7, 11) is 0. The van der Waals surface area contributed by atoms with Crippen LogP contribution in [0, 0.1) is 0 Å². The van der Waals surface area contributed by atoms with Crippen molar-refractivity contribution in [2.75, 3.05) is 11.9 Å². The van der Waals surface area contributed by atoms with Gasteiger partial charge in [0.15, 0.2) is 0 Å². The topological polar surface area (TPSA) is 58.7 Å². The standard InChI is InChI=1S/C18H21N3O2S/c1-11(2)21-8-7-13-14(10-21)24-18-16(13)17(22)19-15(20-18)6-5-12-4-3-9-23-12/h3-6,9,11,15,20H,7-8,10H2,1-2H3,(H,19,22)/p+1/b6-5+/t15-/m0/s1. The Hall–Kier alpha value is -2.05. The van der Waals surface area contributed by atoms with Gasteiger partial charge in [-0.25, -0.2) is 0 Å². The summed E-state index contributed by atoms with van der Waals surface area (Å²) < 4.78 is 5.29. The second-order valence-corrected chi connectivity index (χ2v) is 7.77. The Bertz CT molecular complexity index is 777. The van der Waals surface area contributed by atoms with Gasteiger partial charge in [-0.15, -0.1) is 11.3 Å². The second-order valence-electron chi connectivity index (χ2n) is 6.67. The fraction of sp³-hybridized carbons (Fsp3) is 0.389. The Balaban J connectivity index is 1.57. The van der Waals surface area contributed by atoms with E-state index in [0.29, 0.717) is 6.04 Å². The molecule has 2 aromatic rings. The van der Waals surface area contributed by atoms with E-state index >= 15 is 0 Å². The second kappa shape index (κ2) is 6.11. The number of nitrogens with one attached hydrogen (secondary N) is 3. The molecular weight excluding hydrogens is 322 g/mol. The summed E-state index contributed by atoms with van der Waals surface area (Å²) in [5.41, 5.74) is 2.11. The van der Waals surface area contributed by atoms with E-state index in [4.69, 9.17) is 4.42 Å². The van der Waals surface area contributed by atoms with Crippen molar-refractivity contribution in [3.63, 3.8) is 0 Å². The average molecular weight is 344 g/mol. The Morgan fingerprint density at radius 3 is 3.04 bits per heavy atom. The molecule has 0 aliphatic carbocycles. The molecule has 2 aromatic heterocycles. The van der Waals surface area contributed by atoms with Crippen LogP contribution in [-0.2, 0) is 13.0 Å². The van der Waals surface area contributed by atoms with Crippen molar-refractivity contribution in [2.45, 2.75) is 39.0 Å². The van der Waals surface area contributed by atoms with Crippen molar-refractivity contribution in [3.05, 3.63) is 46.2 Å². The highest BCUT2D eigenvalue weighted by Gasteiger charge is 2.34. The first-order valence-corrected chi connectivity index (χ1v) is 9.21.